The number of piperidine rings is 1. The van der Waals surface area contributed by atoms with Crippen LogP contribution < -0.4 is 5.32 Å². The molecule has 1 atom stereocenters. The fourth-order valence-corrected chi connectivity index (χ4v) is 1.76. The summed E-state index contributed by atoms with van der Waals surface area (Å²) in [7, 11) is 3.55. The monoisotopic (exact) mass is 186 g/mol. The minimum Gasteiger partial charge on any atom is -0.362 e. The molecule has 0 bridgehead atoms. The molecule has 4 heteroatoms. The predicted octanol–water partition coefficient (Wildman–Crippen LogP) is 0.191. The van der Waals surface area contributed by atoms with Crippen LogP contribution in [0.3, 0.4) is 0 Å². The van der Waals surface area contributed by atoms with Crippen molar-refractivity contribution in [1.29, 1.82) is 0 Å². The number of nitrogens with zero attached hydrogens (tertiary/aromatic N) is 1. The predicted molar refractivity (Wildman–Crippen MR) is 50.3 cm³/mol. The van der Waals surface area contributed by atoms with Crippen molar-refractivity contribution in [1.82, 2.24) is 10.2 Å². The zero-order chi connectivity index (χ0) is 9.90. The van der Waals surface area contributed by atoms with Crippen molar-refractivity contribution in [3.8, 4) is 0 Å². The Balaban J connectivity index is 2.63. The number of hydrogen-bond acceptors (Lipinski definition) is 3. The van der Waals surface area contributed by atoms with E-state index in [4.69, 9.17) is 4.74 Å². The highest BCUT2D eigenvalue weighted by molar-refractivity contribution is 5.73. The second-order valence-corrected chi connectivity index (χ2v) is 3.49. The van der Waals surface area contributed by atoms with Crippen molar-refractivity contribution >= 4 is 5.91 Å². The molecular formula is C9H18N2O2. The number of rotatable bonds is 2. The average molecular weight is 186 g/mol. The van der Waals surface area contributed by atoms with Crippen LogP contribution in [0.5, 0.6) is 0 Å². The van der Waals surface area contributed by atoms with Gasteiger partial charge < -0.3 is 9.64 Å². The van der Waals surface area contributed by atoms with E-state index >= 15 is 0 Å². The molecule has 1 aliphatic heterocycles. The smallest absolute Gasteiger partial charge is 0.219 e. The Morgan fingerprint density at radius 1 is 1.62 bits per heavy atom. The molecule has 76 valence electrons. The largest absolute Gasteiger partial charge is 0.362 e. The van der Waals surface area contributed by atoms with Gasteiger partial charge in [0.05, 0.1) is 6.54 Å². The summed E-state index contributed by atoms with van der Waals surface area (Å²) in [5, 5.41) is 3.14. The lowest BCUT2D eigenvalue weighted by atomic mass is 10.0. The van der Waals surface area contributed by atoms with Gasteiger partial charge >= 0.3 is 0 Å². The van der Waals surface area contributed by atoms with Gasteiger partial charge in [-0.15, -0.1) is 0 Å². The number of likely N-dealkylation sites (N-methyl/N-ethyl adjacent to an activating group) is 1. The van der Waals surface area contributed by atoms with E-state index in [1.165, 1.54) is 0 Å². The molecule has 0 aromatic carbocycles. The van der Waals surface area contributed by atoms with E-state index in [1.807, 2.05) is 11.9 Å². The first-order valence-corrected chi connectivity index (χ1v) is 4.63. The van der Waals surface area contributed by atoms with E-state index < -0.39 is 0 Å². The number of carbonyl (C=O) groups excluding carboxylic acids is 1. The molecule has 0 spiro atoms. The lowest BCUT2D eigenvalue weighted by Gasteiger charge is -2.41. The second kappa shape index (κ2) is 4.07. The summed E-state index contributed by atoms with van der Waals surface area (Å²) in [5.41, 5.74) is -0.329. The van der Waals surface area contributed by atoms with Gasteiger partial charge in [0.1, 0.15) is 5.72 Å². The van der Waals surface area contributed by atoms with Crippen LogP contribution in [0, 0.1) is 0 Å². The van der Waals surface area contributed by atoms with Crippen molar-refractivity contribution in [2.45, 2.75) is 25.5 Å². The molecule has 4 nitrogen and oxygen atoms in total. The first-order valence-electron chi connectivity index (χ1n) is 4.63. The quantitative estimate of drug-likeness (QED) is 0.626. The third-order valence-electron chi connectivity index (χ3n) is 2.75. The summed E-state index contributed by atoms with van der Waals surface area (Å²) in [6.07, 6.45) is 1.96. The van der Waals surface area contributed by atoms with Crippen LogP contribution in [0.4, 0.5) is 0 Å². The van der Waals surface area contributed by atoms with E-state index in [1.54, 1.807) is 14.0 Å². The Bertz CT molecular complexity index is 190. The van der Waals surface area contributed by atoms with Gasteiger partial charge in [-0.05, 0) is 19.9 Å². The molecule has 0 aliphatic carbocycles. The molecule has 1 fully saturated rings. The number of amides is 1. The highest BCUT2D eigenvalue weighted by atomic mass is 16.5. The van der Waals surface area contributed by atoms with Crippen LogP contribution in [0.2, 0.25) is 0 Å². The molecule has 1 N–H and O–H groups in total. The molecule has 0 saturated carbocycles. The van der Waals surface area contributed by atoms with E-state index in [-0.39, 0.29) is 11.6 Å². The Morgan fingerprint density at radius 3 is 2.77 bits per heavy atom. The van der Waals surface area contributed by atoms with Gasteiger partial charge in [-0.25, -0.2) is 0 Å². The van der Waals surface area contributed by atoms with Crippen molar-refractivity contribution in [3.63, 3.8) is 0 Å². The minimum atomic E-state index is -0.329. The zero-order valence-electron chi connectivity index (χ0n) is 8.59. The Labute approximate surface area is 79.2 Å². The van der Waals surface area contributed by atoms with Crippen LogP contribution >= 0.6 is 0 Å². The highest BCUT2D eigenvalue weighted by Crippen LogP contribution is 2.21. The molecule has 1 saturated heterocycles. The third-order valence-corrected chi connectivity index (χ3v) is 2.75. The number of hydrogen-bond donors (Lipinski definition) is 1. The van der Waals surface area contributed by atoms with Gasteiger partial charge in [0, 0.05) is 20.6 Å². The number of methoxy groups -OCH3 is 1. The third kappa shape index (κ3) is 2.19. The molecule has 1 unspecified atom stereocenters. The van der Waals surface area contributed by atoms with Crippen LogP contribution in [-0.4, -0.2) is 43.8 Å². The maximum absolute atomic E-state index is 11.2. The highest BCUT2D eigenvalue weighted by Gasteiger charge is 2.34. The fourth-order valence-electron chi connectivity index (χ4n) is 1.76. The first kappa shape index (κ1) is 10.5. The van der Waals surface area contributed by atoms with E-state index in [2.05, 4.69) is 5.32 Å². The summed E-state index contributed by atoms with van der Waals surface area (Å²) >= 11 is 0. The number of ether oxygens (including phenoxy) is 1. The Morgan fingerprint density at radius 2 is 2.31 bits per heavy atom. The number of likely N-dealkylation sites (tertiary alicyclic amines) is 1. The fraction of sp³-hybridized carbons (Fsp3) is 0.889. The molecule has 1 rings (SSSR count). The Kier molecular flexibility index (Phi) is 3.27. The van der Waals surface area contributed by atoms with Gasteiger partial charge in [-0.3, -0.25) is 10.1 Å². The van der Waals surface area contributed by atoms with E-state index in [9.17, 15) is 4.79 Å². The summed E-state index contributed by atoms with van der Waals surface area (Å²) in [5.74, 6) is 0.122. The lowest BCUT2D eigenvalue weighted by Crippen LogP contribution is -2.57. The van der Waals surface area contributed by atoms with E-state index in [0.29, 0.717) is 6.54 Å². The van der Waals surface area contributed by atoms with Crippen LogP contribution in [0.1, 0.15) is 19.8 Å². The molecular weight excluding hydrogens is 168 g/mol. The van der Waals surface area contributed by atoms with Gasteiger partial charge in [0.2, 0.25) is 5.91 Å². The maximum atomic E-state index is 11.2. The molecule has 1 heterocycles. The van der Waals surface area contributed by atoms with Gasteiger partial charge in [-0.2, -0.15) is 0 Å². The summed E-state index contributed by atoms with van der Waals surface area (Å²) in [6.45, 7) is 3.10. The first-order chi connectivity index (χ1) is 6.13. The summed E-state index contributed by atoms with van der Waals surface area (Å²) in [6, 6.07) is 0. The van der Waals surface area contributed by atoms with Gasteiger partial charge in [0.25, 0.3) is 0 Å². The molecule has 0 radical (unpaired) electrons. The molecule has 1 amide bonds. The lowest BCUT2D eigenvalue weighted by molar-refractivity contribution is -0.140. The van der Waals surface area contributed by atoms with E-state index in [0.717, 1.165) is 19.4 Å². The molecule has 0 aromatic heterocycles. The summed E-state index contributed by atoms with van der Waals surface area (Å²) < 4.78 is 5.40. The normalized spacial score (nSPS) is 29.0. The van der Waals surface area contributed by atoms with Crippen LogP contribution in [0.25, 0.3) is 0 Å². The van der Waals surface area contributed by atoms with Gasteiger partial charge in [0.15, 0.2) is 0 Å². The molecule has 1 aliphatic rings. The SMILES string of the molecule is CNC1(OC)CCCN(C(C)=O)C1. The standard InChI is InChI=1S/C9H18N2O2/c1-8(12)11-6-4-5-9(7-11,10-2)13-3/h10H,4-7H2,1-3H3. The van der Waals surface area contributed by atoms with Crippen molar-refractivity contribution in [2.24, 2.45) is 0 Å². The van der Waals surface area contributed by atoms with Crippen LogP contribution in [-0.2, 0) is 9.53 Å². The number of nitrogens with one attached hydrogen (secondary N) is 1. The summed E-state index contributed by atoms with van der Waals surface area (Å²) in [4.78, 5) is 13.0. The van der Waals surface area contributed by atoms with Crippen molar-refractivity contribution < 1.29 is 9.53 Å². The molecule has 13 heavy (non-hydrogen) atoms. The Hall–Kier alpha value is -0.610. The van der Waals surface area contributed by atoms with Crippen molar-refractivity contribution in [2.75, 3.05) is 27.2 Å². The minimum absolute atomic E-state index is 0.122. The maximum Gasteiger partial charge on any atom is 0.219 e. The zero-order valence-corrected chi connectivity index (χ0v) is 8.59. The van der Waals surface area contributed by atoms with Gasteiger partial charge in [-0.1, -0.05) is 0 Å². The topological polar surface area (TPSA) is 41.6 Å². The van der Waals surface area contributed by atoms with Crippen LogP contribution in [0.15, 0.2) is 0 Å². The number of carbonyl (C=O) groups is 1. The average Bonchev–Trinajstić information content (AvgIpc) is 2.18. The van der Waals surface area contributed by atoms with Crippen molar-refractivity contribution in [3.05, 3.63) is 0 Å². The second-order valence-electron chi connectivity index (χ2n) is 3.49. The molecule has 0 aromatic rings.